The Bertz CT molecular complexity index is 446. The number of piperazine rings is 1. The third-order valence-corrected chi connectivity index (χ3v) is 3.22. The Labute approximate surface area is 118 Å². The van der Waals surface area contributed by atoms with E-state index < -0.39 is 0 Å². The quantitative estimate of drug-likeness (QED) is 0.801. The number of hydrogen-bond acceptors (Lipinski definition) is 6. The predicted octanol–water partition coefficient (Wildman–Crippen LogP) is -0.257. The molecule has 1 amide bonds. The van der Waals surface area contributed by atoms with Gasteiger partial charge in [0.05, 0.1) is 13.7 Å². The molecule has 0 unspecified atom stereocenters. The molecule has 0 spiro atoms. The smallest absolute Gasteiger partial charge is 0.234 e. The maximum Gasteiger partial charge on any atom is 0.234 e. The molecular formula is C13H21N5O2. The average Bonchev–Trinajstić information content (AvgIpc) is 2.48. The lowest BCUT2D eigenvalue weighted by Crippen LogP contribution is -2.50. The molecule has 1 N–H and O–H groups in total. The van der Waals surface area contributed by atoms with Crippen molar-refractivity contribution in [2.45, 2.75) is 6.92 Å². The van der Waals surface area contributed by atoms with Gasteiger partial charge in [0.1, 0.15) is 0 Å². The number of likely N-dealkylation sites (N-methyl/N-ethyl adjacent to an activating group) is 1. The summed E-state index contributed by atoms with van der Waals surface area (Å²) in [6.45, 7) is 6.35. The largest absolute Gasteiger partial charge is 0.481 e. The highest BCUT2D eigenvalue weighted by Crippen LogP contribution is 2.14. The van der Waals surface area contributed by atoms with Crippen molar-refractivity contribution in [1.29, 1.82) is 0 Å². The van der Waals surface area contributed by atoms with Crippen LogP contribution in [-0.4, -0.2) is 67.2 Å². The van der Waals surface area contributed by atoms with E-state index in [4.69, 9.17) is 4.74 Å². The van der Waals surface area contributed by atoms with Crippen LogP contribution in [0.3, 0.4) is 0 Å². The summed E-state index contributed by atoms with van der Waals surface area (Å²) in [5.41, 5.74) is 0. The van der Waals surface area contributed by atoms with Crippen LogP contribution in [0.2, 0.25) is 0 Å². The lowest BCUT2D eigenvalue weighted by atomic mass is 10.3. The van der Waals surface area contributed by atoms with Gasteiger partial charge in [-0.15, -0.1) is 0 Å². The van der Waals surface area contributed by atoms with Crippen LogP contribution >= 0.6 is 0 Å². The lowest BCUT2D eigenvalue weighted by Gasteiger charge is -2.34. The first-order chi connectivity index (χ1) is 9.72. The van der Waals surface area contributed by atoms with Crippen LogP contribution in [0.5, 0.6) is 5.88 Å². The number of ether oxygens (including phenoxy) is 1. The molecule has 0 aromatic carbocycles. The second kappa shape index (κ2) is 7.04. The van der Waals surface area contributed by atoms with E-state index in [0.29, 0.717) is 24.9 Å². The molecule has 0 aliphatic carbocycles. The van der Waals surface area contributed by atoms with Crippen LogP contribution in [-0.2, 0) is 4.79 Å². The van der Waals surface area contributed by atoms with Gasteiger partial charge in [0.2, 0.25) is 17.7 Å². The molecule has 0 saturated carbocycles. The maximum atomic E-state index is 11.5. The highest BCUT2D eigenvalue weighted by Gasteiger charge is 2.20. The zero-order valence-corrected chi connectivity index (χ0v) is 12.0. The number of amides is 1. The van der Waals surface area contributed by atoms with Gasteiger partial charge >= 0.3 is 0 Å². The van der Waals surface area contributed by atoms with Crippen LogP contribution in [0, 0.1) is 0 Å². The molecule has 1 fully saturated rings. The predicted molar refractivity (Wildman–Crippen MR) is 75.9 cm³/mol. The Kier molecular flexibility index (Phi) is 5.11. The minimum absolute atomic E-state index is 0.0820. The first-order valence-electron chi connectivity index (χ1n) is 6.84. The van der Waals surface area contributed by atoms with Gasteiger partial charge in [-0.2, -0.15) is 4.98 Å². The van der Waals surface area contributed by atoms with E-state index >= 15 is 0 Å². The van der Waals surface area contributed by atoms with Crippen molar-refractivity contribution in [3.8, 4) is 5.88 Å². The number of nitrogens with one attached hydrogen (secondary N) is 1. The number of methoxy groups -OCH3 is 1. The molecule has 7 nitrogen and oxygen atoms in total. The SMILES string of the molecule is CCNC(=O)CN1CCN(c2nccc(OC)n2)CC1. The van der Waals surface area contributed by atoms with Crippen molar-refractivity contribution in [2.24, 2.45) is 0 Å². The van der Waals surface area contributed by atoms with Crippen molar-refractivity contribution in [3.63, 3.8) is 0 Å². The molecule has 1 aliphatic heterocycles. The summed E-state index contributed by atoms with van der Waals surface area (Å²) in [6, 6.07) is 1.73. The maximum absolute atomic E-state index is 11.5. The summed E-state index contributed by atoms with van der Waals surface area (Å²) < 4.78 is 5.11. The Morgan fingerprint density at radius 3 is 2.80 bits per heavy atom. The molecule has 7 heteroatoms. The summed E-state index contributed by atoms with van der Waals surface area (Å²) in [4.78, 5) is 24.4. The number of carbonyl (C=O) groups is 1. The van der Waals surface area contributed by atoms with Crippen molar-refractivity contribution in [1.82, 2.24) is 20.2 Å². The van der Waals surface area contributed by atoms with Gasteiger partial charge in [-0.3, -0.25) is 9.69 Å². The van der Waals surface area contributed by atoms with Crippen molar-refractivity contribution < 1.29 is 9.53 Å². The molecule has 2 heterocycles. The first-order valence-corrected chi connectivity index (χ1v) is 6.84. The molecule has 0 radical (unpaired) electrons. The van der Waals surface area contributed by atoms with E-state index in [0.717, 1.165) is 26.2 Å². The Hall–Kier alpha value is -1.89. The van der Waals surface area contributed by atoms with Crippen LogP contribution in [0.4, 0.5) is 5.95 Å². The normalized spacial score (nSPS) is 16.0. The molecule has 1 saturated heterocycles. The molecule has 1 aromatic rings. The fourth-order valence-electron chi connectivity index (χ4n) is 2.16. The highest BCUT2D eigenvalue weighted by molar-refractivity contribution is 5.77. The van der Waals surface area contributed by atoms with Gasteiger partial charge in [0, 0.05) is 45.0 Å². The number of aromatic nitrogens is 2. The summed E-state index contributed by atoms with van der Waals surface area (Å²) in [7, 11) is 1.59. The Balaban J connectivity index is 1.86. The summed E-state index contributed by atoms with van der Waals surface area (Å²) in [5.74, 6) is 1.33. The van der Waals surface area contributed by atoms with E-state index in [2.05, 4.69) is 25.1 Å². The van der Waals surface area contributed by atoms with E-state index in [1.807, 2.05) is 6.92 Å². The Morgan fingerprint density at radius 2 is 2.15 bits per heavy atom. The number of nitrogens with zero attached hydrogens (tertiary/aromatic N) is 4. The van der Waals surface area contributed by atoms with Crippen molar-refractivity contribution in [2.75, 3.05) is 51.3 Å². The third kappa shape index (κ3) is 3.80. The summed E-state index contributed by atoms with van der Waals surface area (Å²) >= 11 is 0. The summed E-state index contributed by atoms with van der Waals surface area (Å²) in [6.07, 6.45) is 1.70. The fraction of sp³-hybridized carbons (Fsp3) is 0.615. The van der Waals surface area contributed by atoms with Crippen molar-refractivity contribution in [3.05, 3.63) is 12.3 Å². The van der Waals surface area contributed by atoms with Crippen LogP contribution in [0.25, 0.3) is 0 Å². The van der Waals surface area contributed by atoms with Crippen LogP contribution in [0.1, 0.15) is 6.92 Å². The highest BCUT2D eigenvalue weighted by atomic mass is 16.5. The molecule has 0 bridgehead atoms. The monoisotopic (exact) mass is 279 g/mol. The Morgan fingerprint density at radius 1 is 1.40 bits per heavy atom. The van der Waals surface area contributed by atoms with Gasteiger partial charge < -0.3 is 15.0 Å². The standard InChI is InChI=1S/C13H21N5O2/c1-3-14-11(19)10-17-6-8-18(9-7-17)13-15-5-4-12(16-13)20-2/h4-5H,3,6-10H2,1-2H3,(H,14,19). The molecule has 2 rings (SSSR count). The molecule has 20 heavy (non-hydrogen) atoms. The topological polar surface area (TPSA) is 70.6 Å². The van der Waals surface area contributed by atoms with E-state index in [1.165, 1.54) is 0 Å². The first kappa shape index (κ1) is 14.5. The fourth-order valence-corrected chi connectivity index (χ4v) is 2.16. The number of carbonyl (C=O) groups excluding carboxylic acids is 1. The van der Waals surface area contributed by atoms with E-state index in [-0.39, 0.29) is 5.91 Å². The van der Waals surface area contributed by atoms with Gasteiger partial charge in [0.15, 0.2) is 0 Å². The van der Waals surface area contributed by atoms with Gasteiger partial charge in [-0.25, -0.2) is 4.98 Å². The molecule has 110 valence electrons. The van der Waals surface area contributed by atoms with Gasteiger partial charge in [0.25, 0.3) is 0 Å². The van der Waals surface area contributed by atoms with Crippen molar-refractivity contribution >= 4 is 11.9 Å². The van der Waals surface area contributed by atoms with Gasteiger partial charge in [-0.05, 0) is 6.92 Å². The van der Waals surface area contributed by atoms with Crippen LogP contribution < -0.4 is 15.0 Å². The van der Waals surface area contributed by atoms with E-state index in [9.17, 15) is 4.79 Å². The minimum atomic E-state index is 0.0820. The molecule has 0 atom stereocenters. The molecule has 1 aromatic heterocycles. The van der Waals surface area contributed by atoms with Crippen LogP contribution in [0.15, 0.2) is 12.3 Å². The summed E-state index contributed by atoms with van der Waals surface area (Å²) in [5, 5.41) is 2.82. The second-order valence-corrected chi connectivity index (χ2v) is 4.62. The third-order valence-electron chi connectivity index (χ3n) is 3.22. The zero-order valence-electron chi connectivity index (χ0n) is 12.0. The molecule has 1 aliphatic rings. The minimum Gasteiger partial charge on any atom is -0.481 e. The van der Waals surface area contributed by atoms with Gasteiger partial charge in [-0.1, -0.05) is 0 Å². The number of rotatable bonds is 5. The number of anilines is 1. The average molecular weight is 279 g/mol. The second-order valence-electron chi connectivity index (χ2n) is 4.62. The zero-order chi connectivity index (χ0) is 14.4. The lowest BCUT2D eigenvalue weighted by molar-refractivity contribution is -0.122. The van der Waals surface area contributed by atoms with E-state index in [1.54, 1.807) is 19.4 Å². The molecular weight excluding hydrogens is 258 g/mol. The number of hydrogen-bond donors (Lipinski definition) is 1.